The number of benzene rings is 2. The van der Waals surface area contributed by atoms with Gasteiger partial charge in [0.05, 0.1) is 7.11 Å². The van der Waals surface area contributed by atoms with E-state index in [1.54, 1.807) is 7.11 Å². The summed E-state index contributed by atoms with van der Waals surface area (Å²) in [6.07, 6.45) is 1.79. The molecule has 5 heteroatoms. The lowest BCUT2D eigenvalue weighted by atomic mass is 9.74. The molecule has 5 nitrogen and oxygen atoms in total. The number of nitrogens with one attached hydrogen (secondary N) is 1. The van der Waals surface area contributed by atoms with E-state index in [9.17, 15) is 4.79 Å². The first kappa shape index (κ1) is 20.2. The van der Waals surface area contributed by atoms with Crippen LogP contribution in [-0.4, -0.2) is 38.9 Å². The first-order valence-corrected chi connectivity index (χ1v) is 9.89. The van der Waals surface area contributed by atoms with E-state index in [4.69, 9.17) is 14.2 Å². The minimum atomic E-state index is -0.566. The highest BCUT2D eigenvalue weighted by Gasteiger charge is 2.35. The van der Waals surface area contributed by atoms with Gasteiger partial charge in [-0.15, -0.1) is 0 Å². The lowest BCUT2D eigenvalue weighted by Gasteiger charge is -2.38. The molecule has 28 heavy (non-hydrogen) atoms. The van der Waals surface area contributed by atoms with Crippen molar-refractivity contribution in [2.24, 2.45) is 0 Å². The van der Waals surface area contributed by atoms with Gasteiger partial charge in [-0.25, -0.2) is 0 Å². The molecule has 3 rings (SSSR count). The SMILES string of the molecule is CC[C@@H](Oc1ccccc1OC)C(=O)NCC1(c2ccccc2)CCOCC1. The van der Waals surface area contributed by atoms with E-state index in [0.717, 1.165) is 12.8 Å². The number of hydrogen-bond donors (Lipinski definition) is 1. The van der Waals surface area contributed by atoms with Crippen molar-refractivity contribution >= 4 is 5.91 Å². The van der Waals surface area contributed by atoms with Gasteiger partial charge in [-0.3, -0.25) is 4.79 Å². The lowest BCUT2D eigenvalue weighted by molar-refractivity contribution is -0.128. The minimum Gasteiger partial charge on any atom is -0.493 e. The molecule has 1 amide bonds. The number of methoxy groups -OCH3 is 1. The number of hydrogen-bond acceptors (Lipinski definition) is 4. The summed E-state index contributed by atoms with van der Waals surface area (Å²) in [4.78, 5) is 12.9. The first-order valence-electron chi connectivity index (χ1n) is 9.89. The van der Waals surface area contributed by atoms with Crippen molar-refractivity contribution in [3.63, 3.8) is 0 Å². The van der Waals surface area contributed by atoms with Crippen molar-refractivity contribution in [1.82, 2.24) is 5.32 Å². The van der Waals surface area contributed by atoms with Gasteiger partial charge in [-0.1, -0.05) is 49.4 Å². The third-order valence-corrected chi connectivity index (χ3v) is 5.44. The molecule has 0 spiro atoms. The van der Waals surface area contributed by atoms with Crippen LogP contribution in [-0.2, 0) is 14.9 Å². The Morgan fingerprint density at radius 2 is 1.71 bits per heavy atom. The molecule has 0 bridgehead atoms. The maximum absolute atomic E-state index is 12.9. The molecule has 1 fully saturated rings. The second kappa shape index (κ2) is 9.60. The van der Waals surface area contributed by atoms with E-state index < -0.39 is 6.10 Å². The number of carbonyl (C=O) groups excluding carboxylic acids is 1. The maximum Gasteiger partial charge on any atom is 0.261 e. The highest BCUT2D eigenvalue weighted by atomic mass is 16.5. The number of carbonyl (C=O) groups is 1. The molecule has 150 valence electrons. The fraction of sp³-hybridized carbons (Fsp3) is 0.435. The lowest BCUT2D eigenvalue weighted by Crippen LogP contribution is -2.48. The summed E-state index contributed by atoms with van der Waals surface area (Å²) in [7, 11) is 1.60. The Morgan fingerprint density at radius 1 is 1.07 bits per heavy atom. The largest absolute Gasteiger partial charge is 0.493 e. The molecule has 1 aliphatic rings. The third-order valence-electron chi connectivity index (χ3n) is 5.44. The summed E-state index contributed by atoms with van der Waals surface area (Å²) in [5.74, 6) is 1.10. The maximum atomic E-state index is 12.9. The van der Waals surface area contributed by atoms with E-state index in [-0.39, 0.29) is 11.3 Å². The van der Waals surface area contributed by atoms with E-state index in [0.29, 0.717) is 37.7 Å². The Labute approximate surface area is 167 Å². The summed E-state index contributed by atoms with van der Waals surface area (Å²) in [6.45, 7) is 3.94. The van der Waals surface area contributed by atoms with Gasteiger partial charge >= 0.3 is 0 Å². The number of ether oxygens (including phenoxy) is 3. The molecule has 0 saturated carbocycles. The van der Waals surface area contributed by atoms with Gasteiger partial charge in [-0.2, -0.15) is 0 Å². The van der Waals surface area contributed by atoms with Crippen LogP contribution in [0.4, 0.5) is 0 Å². The van der Waals surface area contributed by atoms with E-state index in [1.165, 1.54) is 5.56 Å². The average molecular weight is 383 g/mol. The molecule has 2 aromatic rings. The van der Waals surface area contributed by atoms with Crippen LogP contribution in [0.3, 0.4) is 0 Å². The number of para-hydroxylation sites is 2. The second-order valence-electron chi connectivity index (χ2n) is 7.14. The zero-order valence-electron chi connectivity index (χ0n) is 16.6. The Hall–Kier alpha value is -2.53. The van der Waals surface area contributed by atoms with Crippen molar-refractivity contribution in [3.8, 4) is 11.5 Å². The molecular weight excluding hydrogens is 354 g/mol. The van der Waals surface area contributed by atoms with Gasteiger partial charge in [0, 0.05) is 25.2 Å². The Balaban J connectivity index is 1.69. The highest BCUT2D eigenvalue weighted by molar-refractivity contribution is 5.81. The van der Waals surface area contributed by atoms with E-state index >= 15 is 0 Å². The zero-order chi connectivity index (χ0) is 19.8. The fourth-order valence-corrected chi connectivity index (χ4v) is 3.68. The van der Waals surface area contributed by atoms with Crippen molar-refractivity contribution in [2.45, 2.75) is 37.7 Å². The van der Waals surface area contributed by atoms with Crippen LogP contribution in [0.15, 0.2) is 54.6 Å². The summed E-state index contributed by atoms with van der Waals surface area (Å²) in [6, 6.07) is 17.8. The molecule has 0 aliphatic carbocycles. The molecule has 0 aromatic heterocycles. The standard InChI is InChI=1S/C23H29NO4/c1-3-19(28-21-12-8-7-11-20(21)26-2)22(25)24-17-23(13-15-27-16-14-23)18-9-5-4-6-10-18/h4-12,19H,3,13-17H2,1-2H3,(H,24,25)/t19-/m1/s1. The Bertz CT molecular complexity index is 756. The van der Waals surface area contributed by atoms with Crippen LogP contribution < -0.4 is 14.8 Å². The van der Waals surface area contributed by atoms with Crippen molar-refractivity contribution in [1.29, 1.82) is 0 Å². The van der Waals surface area contributed by atoms with Crippen LogP contribution in [0.25, 0.3) is 0 Å². The van der Waals surface area contributed by atoms with Crippen molar-refractivity contribution in [3.05, 3.63) is 60.2 Å². The quantitative estimate of drug-likeness (QED) is 0.755. The second-order valence-corrected chi connectivity index (χ2v) is 7.14. The molecule has 1 heterocycles. The van der Waals surface area contributed by atoms with Gasteiger partial charge in [0.1, 0.15) is 0 Å². The van der Waals surface area contributed by atoms with Gasteiger partial charge in [-0.05, 0) is 37.0 Å². The third kappa shape index (κ3) is 4.65. The summed E-state index contributed by atoms with van der Waals surface area (Å²) in [5, 5.41) is 3.14. The average Bonchev–Trinajstić information content (AvgIpc) is 2.77. The van der Waals surface area contributed by atoms with Crippen LogP contribution in [0, 0.1) is 0 Å². The van der Waals surface area contributed by atoms with Crippen LogP contribution in [0.2, 0.25) is 0 Å². The minimum absolute atomic E-state index is 0.0993. The zero-order valence-corrected chi connectivity index (χ0v) is 16.6. The smallest absolute Gasteiger partial charge is 0.261 e. The predicted octanol–water partition coefficient (Wildman–Crippen LogP) is 3.72. The Morgan fingerprint density at radius 3 is 2.36 bits per heavy atom. The summed E-state index contributed by atoms with van der Waals surface area (Å²) >= 11 is 0. The van der Waals surface area contributed by atoms with Crippen LogP contribution >= 0.6 is 0 Å². The molecule has 1 atom stereocenters. The molecule has 1 aliphatic heterocycles. The molecule has 1 N–H and O–H groups in total. The number of rotatable bonds is 8. The molecular formula is C23H29NO4. The monoisotopic (exact) mass is 383 g/mol. The van der Waals surface area contributed by atoms with Gasteiger partial charge < -0.3 is 19.5 Å². The summed E-state index contributed by atoms with van der Waals surface area (Å²) in [5.41, 5.74) is 1.15. The van der Waals surface area contributed by atoms with Gasteiger partial charge in [0.25, 0.3) is 5.91 Å². The van der Waals surface area contributed by atoms with Gasteiger partial charge in [0.15, 0.2) is 17.6 Å². The van der Waals surface area contributed by atoms with Crippen LogP contribution in [0.1, 0.15) is 31.7 Å². The number of amides is 1. The fourth-order valence-electron chi connectivity index (χ4n) is 3.68. The van der Waals surface area contributed by atoms with Crippen molar-refractivity contribution < 1.29 is 19.0 Å². The van der Waals surface area contributed by atoms with Crippen molar-refractivity contribution in [2.75, 3.05) is 26.9 Å². The van der Waals surface area contributed by atoms with E-state index in [1.807, 2.05) is 49.4 Å². The molecule has 2 aromatic carbocycles. The van der Waals surface area contributed by atoms with Gasteiger partial charge in [0.2, 0.25) is 0 Å². The first-order chi connectivity index (χ1) is 13.7. The molecule has 0 radical (unpaired) electrons. The summed E-state index contributed by atoms with van der Waals surface area (Å²) < 4.78 is 16.9. The molecule has 0 unspecified atom stereocenters. The highest BCUT2D eigenvalue weighted by Crippen LogP contribution is 2.34. The topological polar surface area (TPSA) is 56.8 Å². The normalized spacial score (nSPS) is 16.8. The van der Waals surface area contributed by atoms with Crippen LogP contribution in [0.5, 0.6) is 11.5 Å². The predicted molar refractivity (Wildman–Crippen MR) is 109 cm³/mol. The van der Waals surface area contributed by atoms with E-state index in [2.05, 4.69) is 17.4 Å². The Kier molecular flexibility index (Phi) is 6.93. The molecule has 1 saturated heterocycles.